The van der Waals surface area contributed by atoms with E-state index in [2.05, 4.69) is 10.9 Å². The first-order chi connectivity index (χ1) is 9.56. The van der Waals surface area contributed by atoms with Crippen LogP contribution in [0.15, 0.2) is 35.1 Å². The Morgan fingerprint density at radius 1 is 1.30 bits per heavy atom. The van der Waals surface area contributed by atoms with Gasteiger partial charge in [-0.2, -0.15) is 0 Å². The van der Waals surface area contributed by atoms with E-state index < -0.39 is 0 Å². The van der Waals surface area contributed by atoms with Crippen LogP contribution in [0.1, 0.15) is 5.56 Å². The molecular weight excluding hydrogens is 250 g/mol. The molecule has 0 N–H and O–H groups in total. The average molecular weight is 267 g/mol. The maximum Gasteiger partial charge on any atom is 0.259 e. The molecule has 1 heterocycles. The van der Waals surface area contributed by atoms with Crippen LogP contribution in [-0.4, -0.2) is 23.6 Å². The molecule has 0 unspecified atom stereocenters. The lowest BCUT2D eigenvalue weighted by Gasteiger charge is -2.18. The lowest BCUT2D eigenvalue weighted by Crippen LogP contribution is -2.28. The first-order valence-corrected chi connectivity index (χ1v) is 6.34. The van der Waals surface area contributed by atoms with Crippen molar-refractivity contribution in [3.63, 3.8) is 0 Å². The molecule has 2 rings (SSSR count). The minimum atomic E-state index is -0.0968. The molecular formula is C16H17N3O. The minimum Gasteiger partial charge on any atom is -0.362 e. The molecule has 0 aliphatic heterocycles. The molecule has 1 aromatic carbocycles. The highest BCUT2D eigenvalue weighted by molar-refractivity contribution is 5.59. The summed E-state index contributed by atoms with van der Waals surface area (Å²) in [6.45, 7) is 1.98. The van der Waals surface area contributed by atoms with Crippen LogP contribution >= 0.6 is 0 Å². The highest BCUT2D eigenvalue weighted by atomic mass is 16.1. The molecule has 0 saturated carbocycles. The zero-order chi connectivity index (χ0) is 14.7. The molecule has 0 atom stereocenters. The van der Waals surface area contributed by atoms with E-state index >= 15 is 0 Å². The molecule has 20 heavy (non-hydrogen) atoms. The molecule has 0 fully saturated rings. The minimum absolute atomic E-state index is 0.0968. The molecule has 0 spiro atoms. The number of hydrogen-bond donors (Lipinski definition) is 0. The standard InChI is InChI=1S/C16H17N3O/c1-5-11-19-15(13-9-7-6-8-10-13)17-14(18(3)4)12(2)16(19)20/h1,6-10H,11H2,2-4H3. The van der Waals surface area contributed by atoms with Gasteiger partial charge in [-0.1, -0.05) is 36.3 Å². The van der Waals surface area contributed by atoms with Crippen molar-refractivity contribution in [2.24, 2.45) is 0 Å². The molecule has 0 aliphatic rings. The van der Waals surface area contributed by atoms with Crippen LogP contribution in [0.2, 0.25) is 0 Å². The average Bonchev–Trinajstić information content (AvgIpc) is 2.45. The summed E-state index contributed by atoms with van der Waals surface area (Å²) >= 11 is 0. The predicted octanol–water partition coefficient (Wildman–Crippen LogP) is 1.92. The molecule has 102 valence electrons. The highest BCUT2D eigenvalue weighted by Gasteiger charge is 2.15. The normalized spacial score (nSPS) is 10.1. The fourth-order valence-corrected chi connectivity index (χ4v) is 2.12. The zero-order valence-electron chi connectivity index (χ0n) is 11.9. The van der Waals surface area contributed by atoms with Crippen molar-refractivity contribution in [3.05, 3.63) is 46.2 Å². The zero-order valence-corrected chi connectivity index (χ0v) is 11.9. The van der Waals surface area contributed by atoms with Crippen molar-refractivity contribution in [3.8, 4) is 23.7 Å². The van der Waals surface area contributed by atoms with Crippen LogP contribution in [-0.2, 0) is 6.54 Å². The third-order valence-corrected chi connectivity index (χ3v) is 3.07. The summed E-state index contributed by atoms with van der Waals surface area (Å²) in [6, 6.07) is 9.59. The lowest BCUT2D eigenvalue weighted by molar-refractivity contribution is 0.767. The number of rotatable bonds is 3. The van der Waals surface area contributed by atoms with Gasteiger partial charge in [0.1, 0.15) is 11.6 Å². The van der Waals surface area contributed by atoms with Gasteiger partial charge in [0.05, 0.1) is 12.1 Å². The number of terminal acetylenes is 1. The van der Waals surface area contributed by atoms with Gasteiger partial charge in [-0.15, -0.1) is 6.42 Å². The summed E-state index contributed by atoms with van der Waals surface area (Å²) in [5.74, 6) is 3.79. The Kier molecular flexibility index (Phi) is 3.90. The summed E-state index contributed by atoms with van der Waals surface area (Å²) in [6.07, 6.45) is 5.38. The molecule has 0 radical (unpaired) electrons. The van der Waals surface area contributed by atoms with Crippen LogP contribution in [0, 0.1) is 19.3 Å². The van der Waals surface area contributed by atoms with Crippen molar-refractivity contribution in [1.29, 1.82) is 0 Å². The van der Waals surface area contributed by atoms with E-state index in [9.17, 15) is 4.79 Å². The molecule has 4 nitrogen and oxygen atoms in total. The summed E-state index contributed by atoms with van der Waals surface area (Å²) in [7, 11) is 3.74. The summed E-state index contributed by atoms with van der Waals surface area (Å²) in [5.41, 5.74) is 1.38. The van der Waals surface area contributed by atoms with Gasteiger partial charge < -0.3 is 4.90 Å². The fraction of sp³-hybridized carbons (Fsp3) is 0.250. The Morgan fingerprint density at radius 2 is 1.95 bits per heavy atom. The number of nitrogens with zero attached hydrogens (tertiary/aromatic N) is 3. The Bertz CT molecular complexity index is 709. The van der Waals surface area contributed by atoms with Crippen LogP contribution in [0.3, 0.4) is 0 Å². The molecule has 0 saturated heterocycles. The topological polar surface area (TPSA) is 38.1 Å². The summed E-state index contributed by atoms with van der Waals surface area (Å²) in [5, 5.41) is 0. The third kappa shape index (κ3) is 2.43. The van der Waals surface area contributed by atoms with E-state index in [1.165, 1.54) is 4.57 Å². The van der Waals surface area contributed by atoms with Gasteiger partial charge in [-0.05, 0) is 6.92 Å². The van der Waals surface area contributed by atoms with Gasteiger partial charge in [0.25, 0.3) is 5.56 Å². The second-order valence-corrected chi connectivity index (χ2v) is 4.74. The molecule has 0 aliphatic carbocycles. The van der Waals surface area contributed by atoms with Crippen molar-refractivity contribution in [2.75, 3.05) is 19.0 Å². The summed E-state index contributed by atoms with van der Waals surface area (Å²) < 4.78 is 1.54. The van der Waals surface area contributed by atoms with Crippen molar-refractivity contribution in [1.82, 2.24) is 9.55 Å². The first kappa shape index (κ1) is 13.9. The molecule has 2 aromatic rings. The van der Waals surface area contributed by atoms with Crippen LogP contribution < -0.4 is 10.5 Å². The second kappa shape index (κ2) is 5.62. The van der Waals surface area contributed by atoms with Crippen LogP contribution in [0.25, 0.3) is 11.4 Å². The third-order valence-electron chi connectivity index (χ3n) is 3.07. The quantitative estimate of drug-likeness (QED) is 0.797. The van der Waals surface area contributed by atoms with Crippen molar-refractivity contribution >= 4 is 5.82 Å². The van der Waals surface area contributed by atoms with Crippen LogP contribution in [0.5, 0.6) is 0 Å². The monoisotopic (exact) mass is 267 g/mol. The highest BCUT2D eigenvalue weighted by Crippen LogP contribution is 2.20. The predicted molar refractivity (Wildman–Crippen MR) is 81.8 cm³/mol. The van der Waals surface area contributed by atoms with E-state index in [0.29, 0.717) is 17.2 Å². The Hall–Kier alpha value is -2.54. The maximum absolute atomic E-state index is 12.5. The number of anilines is 1. The van der Waals surface area contributed by atoms with E-state index in [0.717, 1.165) is 5.56 Å². The van der Waals surface area contributed by atoms with E-state index in [1.54, 1.807) is 6.92 Å². The van der Waals surface area contributed by atoms with Crippen LogP contribution in [0.4, 0.5) is 5.82 Å². The summed E-state index contributed by atoms with van der Waals surface area (Å²) in [4.78, 5) is 18.9. The lowest BCUT2D eigenvalue weighted by atomic mass is 10.2. The largest absolute Gasteiger partial charge is 0.362 e. The van der Waals surface area contributed by atoms with E-state index in [-0.39, 0.29) is 12.1 Å². The number of benzene rings is 1. The Morgan fingerprint density at radius 3 is 2.50 bits per heavy atom. The smallest absolute Gasteiger partial charge is 0.259 e. The number of aromatic nitrogens is 2. The second-order valence-electron chi connectivity index (χ2n) is 4.74. The molecule has 0 bridgehead atoms. The maximum atomic E-state index is 12.5. The van der Waals surface area contributed by atoms with Crippen molar-refractivity contribution < 1.29 is 0 Å². The SMILES string of the molecule is C#CCn1c(-c2ccccc2)nc(N(C)C)c(C)c1=O. The van der Waals surface area contributed by atoms with Gasteiger partial charge >= 0.3 is 0 Å². The van der Waals surface area contributed by atoms with E-state index in [4.69, 9.17) is 6.42 Å². The van der Waals surface area contributed by atoms with Gasteiger partial charge in [0.2, 0.25) is 0 Å². The fourth-order valence-electron chi connectivity index (χ4n) is 2.12. The van der Waals surface area contributed by atoms with Crippen molar-refractivity contribution in [2.45, 2.75) is 13.5 Å². The van der Waals surface area contributed by atoms with Gasteiger partial charge in [0, 0.05) is 19.7 Å². The number of hydrogen-bond acceptors (Lipinski definition) is 3. The first-order valence-electron chi connectivity index (χ1n) is 6.34. The van der Waals surface area contributed by atoms with Gasteiger partial charge in [-0.25, -0.2) is 4.98 Å². The molecule has 4 heteroatoms. The molecule has 1 aromatic heterocycles. The Balaban J connectivity index is 2.78. The van der Waals surface area contributed by atoms with E-state index in [1.807, 2.05) is 49.3 Å². The van der Waals surface area contributed by atoms with Gasteiger partial charge in [0.15, 0.2) is 0 Å². The molecule has 0 amide bonds. The Labute approximate surface area is 118 Å². The van der Waals surface area contributed by atoms with Gasteiger partial charge in [-0.3, -0.25) is 9.36 Å².